The fourth-order valence-corrected chi connectivity index (χ4v) is 1.14. The highest BCUT2D eigenvalue weighted by Gasteiger charge is 1.97. The molecule has 13 heavy (non-hydrogen) atoms. The summed E-state index contributed by atoms with van der Waals surface area (Å²) in [6.07, 6.45) is 5.36. The zero-order valence-corrected chi connectivity index (χ0v) is 7.09. The van der Waals surface area contributed by atoms with E-state index >= 15 is 0 Å². The standard InChI is InChI=1S/C9H10N4/c10-7-8-6-9(2-4-11-8)13-5-1-3-12-13/h1-6H,7,10H2. The van der Waals surface area contributed by atoms with Gasteiger partial charge < -0.3 is 5.73 Å². The lowest BCUT2D eigenvalue weighted by atomic mass is 10.3. The molecule has 4 heteroatoms. The predicted molar refractivity (Wildman–Crippen MR) is 49.3 cm³/mol. The molecule has 2 rings (SSSR count). The summed E-state index contributed by atoms with van der Waals surface area (Å²) in [4.78, 5) is 4.10. The van der Waals surface area contributed by atoms with Gasteiger partial charge in [0.2, 0.25) is 0 Å². The van der Waals surface area contributed by atoms with E-state index in [9.17, 15) is 0 Å². The molecular formula is C9H10N4. The third kappa shape index (κ3) is 1.57. The first-order valence-corrected chi connectivity index (χ1v) is 4.05. The van der Waals surface area contributed by atoms with E-state index < -0.39 is 0 Å². The normalized spacial score (nSPS) is 10.2. The van der Waals surface area contributed by atoms with Crippen molar-refractivity contribution >= 4 is 0 Å². The zero-order valence-electron chi connectivity index (χ0n) is 7.09. The van der Waals surface area contributed by atoms with Crippen LogP contribution in [0.15, 0.2) is 36.8 Å². The molecule has 0 radical (unpaired) electrons. The van der Waals surface area contributed by atoms with Crippen molar-refractivity contribution in [1.29, 1.82) is 0 Å². The maximum atomic E-state index is 5.48. The Hall–Kier alpha value is -1.68. The Balaban J connectivity index is 2.41. The fourth-order valence-electron chi connectivity index (χ4n) is 1.14. The molecule has 4 nitrogen and oxygen atoms in total. The Morgan fingerprint density at radius 1 is 1.38 bits per heavy atom. The third-order valence-electron chi connectivity index (χ3n) is 1.78. The van der Waals surface area contributed by atoms with Crippen molar-refractivity contribution in [3.05, 3.63) is 42.5 Å². The average molecular weight is 174 g/mol. The topological polar surface area (TPSA) is 56.7 Å². The molecule has 0 aromatic carbocycles. The van der Waals surface area contributed by atoms with Gasteiger partial charge in [-0.1, -0.05) is 0 Å². The van der Waals surface area contributed by atoms with Crippen LogP contribution >= 0.6 is 0 Å². The molecular weight excluding hydrogens is 164 g/mol. The molecule has 2 aromatic rings. The van der Waals surface area contributed by atoms with Gasteiger partial charge in [0.1, 0.15) is 0 Å². The summed E-state index contributed by atoms with van der Waals surface area (Å²) in [7, 11) is 0. The predicted octanol–water partition coefficient (Wildman–Crippen LogP) is 0.726. The monoisotopic (exact) mass is 174 g/mol. The maximum Gasteiger partial charge on any atom is 0.0679 e. The van der Waals surface area contributed by atoms with Gasteiger partial charge in [-0.2, -0.15) is 5.10 Å². The number of nitrogens with two attached hydrogens (primary N) is 1. The molecule has 0 amide bonds. The number of rotatable bonds is 2. The Labute approximate surface area is 76.0 Å². The van der Waals surface area contributed by atoms with E-state index in [-0.39, 0.29) is 0 Å². The number of nitrogens with zero attached hydrogens (tertiary/aromatic N) is 3. The van der Waals surface area contributed by atoms with Gasteiger partial charge in [-0.3, -0.25) is 4.98 Å². The molecule has 2 heterocycles. The number of hydrogen-bond acceptors (Lipinski definition) is 3. The first kappa shape index (κ1) is 7.94. The van der Waals surface area contributed by atoms with Crippen molar-refractivity contribution in [3.63, 3.8) is 0 Å². The first-order chi connectivity index (χ1) is 6.40. The SMILES string of the molecule is NCc1cc(-n2cccn2)ccn1. The fraction of sp³-hybridized carbons (Fsp3) is 0.111. The molecule has 0 bridgehead atoms. The second kappa shape index (κ2) is 3.37. The molecule has 2 aromatic heterocycles. The minimum absolute atomic E-state index is 0.453. The zero-order chi connectivity index (χ0) is 9.10. The summed E-state index contributed by atoms with van der Waals surface area (Å²) >= 11 is 0. The van der Waals surface area contributed by atoms with Crippen LogP contribution in [0.1, 0.15) is 5.69 Å². The summed E-state index contributed by atoms with van der Waals surface area (Å²) in [5.74, 6) is 0. The van der Waals surface area contributed by atoms with Crippen LogP contribution < -0.4 is 5.73 Å². The van der Waals surface area contributed by atoms with Crippen LogP contribution in [0.25, 0.3) is 5.69 Å². The Morgan fingerprint density at radius 3 is 3.00 bits per heavy atom. The molecule has 0 saturated heterocycles. The van der Waals surface area contributed by atoms with Gasteiger partial charge in [0, 0.05) is 25.1 Å². The van der Waals surface area contributed by atoms with Gasteiger partial charge >= 0.3 is 0 Å². The van der Waals surface area contributed by atoms with E-state index in [4.69, 9.17) is 5.73 Å². The van der Waals surface area contributed by atoms with Gasteiger partial charge in [0.15, 0.2) is 0 Å². The molecule has 0 atom stereocenters. The highest BCUT2D eigenvalue weighted by molar-refractivity contribution is 5.30. The third-order valence-corrected chi connectivity index (χ3v) is 1.78. The smallest absolute Gasteiger partial charge is 0.0679 e. The van der Waals surface area contributed by atoms with E-state index in [0.717, 1.165) is 11.4 Å². The van der Waals surface area contributed by atoms with E-state index in [0.29, 0.717) is 6.54 Å². The molecule has 66 valence electrons. The van der Waals surface area contributed by atoms with Crippen molar-refractivity contribution in [2.75, 3.05) is 0 Å². The Bertz CT molecular complexity index is 380. The van der Waals surface area contributed by atoms with Crippen molar-refractivity contribution in [2.45, 2.75) is 6.54 Å². The van der Waals surface area contributed by atoms with Gasteiger partial charge in [0.25, 0.3) is 0 Å². The van der Waals surface area contributed by atoms with Crippen molar-refractivity contribution in [1.82, 2.24) is 14.8 Å². The van der Waals surface area contributed by atoms with Crippen LogP contribution in [0.5, 0.6) is 0 Å². The Morgan fingerprint density at radius 2 is 2.31 bits per heavy atom. The van der Waals surface area contributed by atoms with Crippen LogP contribution in [-0.2, 0) is 6.54 Å². The summed E-state index contributed by atoms with van der Waals surface area (Å²) in [6.45, 7) is 0.453. The van der Waals surface area contributed by atoms with E-state index in [2.05, 4.69) is 10.1 Å². The van der Waals surface area contributed by atoms with E-state index in [1.807, 2.05) is 24.4 Å². The van der Waals surface area contributed by atoms with Crippen molar-refractivity contribution in [3.8, 4) is 5.69 Å². The molecule has 0 aliphatic rings. The van der Waals surface area contributed by atoms with Gasteiger partial charge in [-0.25, -0.2) is 4.68 Å². The van der Waals surface area contributed by atoms with Crippen LogP contribution in [0.3, 0.4) is 0 Å². The van der Waals surface area contributed by atoms with Crippen LogP contribution in [0.2, 0.25) is 0 Å². The molecule has 0 fully saturated rings. The molecule has 0 saturated carbocycles. The van der Waals surface area contributed by atoms with Crippen molar-refractivity contribution < 1.29 is 0 Å². The lowest BCUT2D eigenvalue weighted by Gasteiger charge is -2.01. The molecule has 0 spiro atoms. The lowest BCUT2D eigenvalue weighted by Crippen LogP contribution is -2.02. The van der Waals surface area contributed by atoms with E-state index in [1.54, 1.807) is 17.1 Å². The van der Waals surface area contributed by atoms with E-state index in [1.165, 1.54) is 0 Å². The minimum Gasteiger partial charge on any atom is -0.325 e. The summed E-state index contributed by atoms with van der Waals surface area (Å²) in [5.41, 5.74) is 7.33. The minimum atomic E-state index is 0.453. The second-order valence-electron chi connectivity index (χ2n) is 2.66. The van der Waals surface area contributed by atoms with Crippen molar-refractivity contribution in [2.24, 2.45) is 5.73 Å². The van der Waals surface area contributed by atoms with Gasteiger partial charge in [0.05, 0.1) is 11.4 Å². The number of hydrogen-bond donors (Lipinski definition) is 1. The summed E-state index contributed by atoms with van der Waals surface area (Å²) in [6, 6.07) is 5.70. The van der Waals surface area contributed by atoms with Gasteiger partial charge in [-0.05, 0) is 18.2 Å². The number of aromatic nitrogens is 3. The maximum absolute atomic E-state index is 5.48. The second-order valence-corrected chi connectivity index (χ2v) is 2.66. The highest BCUT2D eigenvalue weighted by Crippen LogP contribution is 2.05. The molecule has 2 N–H and O–H groups in total. The largest absolute Gasteiger partial charge is 0.325 e. The number of pyridine rings is 1. The quantitative estimate of drug-likeness (QED) is 0.730. The van der Waals surface area contributed by atoms with Gasteiger partial charge in [-0.15, -0.1) is 0 Å². The molecule has 0 unspecified atom stereocenters. The first-order valence-electron chi connectivity index (χ1n) is 4.05. The molecule has 0 aliphatic heterocycles. The van der Waals surface area contributed by atoms with Crippen LogP contribution in [0.4, 0.5) is 0 Å². The Kier molecular flexibility index (Phi) is 2.06. The summed E-state index contributed by atoms with van der Waals surface area (Å²) < 4.78 is 1.78. The summed E-state index contributed by atoms with van der Waals surface area (Å²) in [5, 5.41) is 4.11. The van der Waals surface area contributed by atoms with Crippen LogP contribution in [-0.4, -0.2) is 14.8 Å². The molecule has 0 aliphatic carbocycles. The average Bonchev–Trinajstić information content (AvgIpc) is 2.71. The lowest BCUT2D eigenvalue weighted by molar-refractivity contribution is 0.867. The van der Waals surface area contributed by atoms with Crippen LogP contribution in [0, 0.1) is 0 Å². The highest BCUT2D eigenvalue weighted by atomic mass is 15.3.